The predicted octanol–water partition coefficient (Wildman–Crippen LogP) is 5.70. The zero-order valence-electron chi connectivity index (χ0n) is 18.0. The minimum atomic E-state index is -0.889. The van der Waals surface area contributed by atoms with E-state index in [0.29, 0.717) is 24.0 Å². The van der Waals surface area contributed by atoms with Crippen molar-refractivity contribution in [1.29, 1.82) is 0 Å². The molecule has 0 bridgehead atoms. The fourth-order valence-corrected chi connectivity index (χ4v) is 5.51. The number of halogens is 1. The lowest BCUT2D eigenvalue weighted by molar-refractivity contribution is 0.145. The molecule has 0 spiro atoms. The van der Waals surface area contributed by atoms with Gasteiger partial charge in [0, 0.05) is 53.9 Å². The van der Waals surface area contributed by atoms with Crippen LogP contribution in [0.4, 0.5) is 16.2 Å². The fourth-order valence-electron chi connectivity index (χ4n) is 5.27. The summed E-state index contributed by atoms with van der Waals surface area (Å²) in [6.45, 7) is 1.71. The summed E-state index contributed by atoms with van der Waals surface area (Å²) in [5, 5.41) is 14.6. The summed E-state index contributed by atoms with van der Waals surface area (Å²) in [4.78, 5) is 15.4. The third-order valence-electron chi connectivity index (χ3n) is 6.96. The molecule has 1 saturated carbocycles. The van der Waals surface area contributed by atoms with Crippen molar-refractivity contribution in [2.45, 2.75) is 44.7 Å². The lowest BCUT2D eigenvalue weighted by Gasteiger charge is -2.34. The highest BCUT2D eigenvalue weighted by Crippen LogP contribution is 2.49. The first kappa shape index (κ1) is 19.7. The Morgan fingerprint density at radius 3 is 2.69 bits per heavy atom. The van der Waals surface area contributed by atoms with Gasteiger partial charge in [-0.05, 0) is 78.1 Å². The number of rotatable bonds is 3. The average Bonchev–Trinajstić information content (AvgIpc) is 3.38. The second-order valence-electron chi connectivity index (χ2n) is 9.20. The number of amides is 1. The third kappa shape index (κ3) is 3.25. The first-order valence-electron chi connectivity index (χ1n) is 11.2. The van der Waals surface area contributed by atoms with E-state index in [1.165, 1.54) is 45.7 Å². The van der Waals surface area contributed by atoms with Crippen LogP contribution < -0.4 is 4.90 Å². The van der Waals surface area contributed by atoms with E-state index >= 15 is 0 Å². The summed E-state index contributed by atoms with van der Waals surface area (Å²) in [6.07, 6.45) is 7.70. The van der Waals surface area contributed by atoms with E-state index in [1.807, 2.05) is 30.1 Å². The van der Waals surface area contributed by atoms with Gasteiger partial charge in [0.1, 0.15) is 0 Å². The Balaban J connectivity index is 1.48. The van der Waals surface area contributed by atoms with Crippen LogP contribution in [0.25, 0.3) is 11.1 Å². The van der Waals surface area contributed by atoms with E-state index < -0.39 is 6.09 Å². The smallest absolute Gasteiger partial charge is 0.407 e. The van der Waals surface area contributed by atoms with Gasteiger partial charge in [-0.15, -0.1) is 0 Å². The minimum absolute atomic E-state index is 0.395. The predicted molar refractivity (Wildman–Crippen MR) is 125 cm³/mol. The minimum Gasteiger partial charge on any atom is -0.465 e. The summed E-state index contributed by atoms with van der Waals surface area (Å²) in [7, 11) is 1.96. The molecular formula is C25H25ClN4O2. The van der Waals surface area contributed by atoms with Crippen molar-refractivity contribution in [3.05, 3.63) is 63.9 Å². The fraction of sp³-hybridized carbons (Fsp3) is 0.360. The normalized spacial score (nSPS) is 17.4. The highest BCUT2D eigenvalue weighted by atomic mass is 35.5. The molecule has 6 nitrogen and oxygen atoms in total. The number of hydrogen-bond acceptors (Lipinski definition) is 3. The Bertz CT molecular complexity index is 1250. The van der Waals surface area contributed by atoms with Crippen molar-refractivity contribution in [2.24, 2.45) is 7.05 Å². The maximum absolute atomic E-state index is 11.6. The molecule has 0 atom stereocenters. The second-order valence-corrected chi connectivity index (χ2v) is 9.64. The Hall–Kier alpha value is -2.99. The van der Waals surface area contributed by atoms with Gasteiger partial charge in [-0.3, -0.25) is 9.58 Å². The molecule has 1 fully saturated rings. The maximum Gasteiger partial charge on any atom is 0.407 e. The number of carboxylic acid groups (broad SMARTS) is 1. The molecule has 6 rings (SSSR count). The zero-order valence-corrected chi connectivity index (χ0v) is 18.8. The topological polar surface area (TPSA) is 61.6 Å². The van der Waals surface area contributed by atoms with Crippen molar-refractivity contribution in [2.75, 3.05) is 11.4 Å². The third-order valence-corrected chi connectivity index (χ3v) is 7.18. The molecule has 0 radical (unpaired) electrons. The molecular weight excluding hydrogens is 424 g/mol. The van der Waals surface area contributed by atoms with Gasteiger partial charge >= 0.3 is 6.09 Å². The van der Waals surface area contributed by atoms with Gasteiger partial charge in [0.25, 0.3) is 0 Å². The Morgan fingerprint density at radius 2 is 1.97 bits per heavy atom. The van der Waals surface area contributed by atoms with Gasteiger partial charge in [0.15, 0.2) is 0 Å². The lowest BCUT2D eigenvalue weighted by Crippen LogP contribution is -2.26. The summed E-state index contributed by atoms with van der Waals surface area (Å²) in [5.41, 5.74) is 9.59. The van der Waals surface area contributed by atoms with Gasteiger partial charge in [-0.2, -0.15) is 5.10 Å². The van der Waals surface area contributed by atoms with Crippen molar-refractivity contribution in [3.63, 3.8) is 0 Å². The summed E-state index contributed by atoms with van der Waals surface area (Å²) < 4.78 is 1.86. The molecule has 7 heteroatoms. The second kappa shape index (κ2) is 7.27. The van der Waals surface area contributed by atoms with Crippen LogP contribution in [0.15, 0.2) is 36.7 Å². The number of aryl methyl sites for hydroxylation is 2. The van der Waals surface area contributed by atoms with Crippen LogP contribution in [-0.4, -0.2) is 32.4 Å². The molecule has 2 aromatic carbocycles. The molecule has 1 aliphatic carbocycles. The average molecular weight is 449 g/mol. The van der Waals surface area contributed by atoms with E-state index in [4.69, 9.17) is 11.6 Å². The van der Waals surface area contributed by atoms with Crippen molar-refractivity contribution < 1.29 is 9.90 Å². The Morgan fingerprint density at radius 1 is 1.12 bits per heavy atom. The van der Waals surface area contributed by atoms with E-state index in [2.05, 4.69) is 28.3 Å². The Labute approximate surface area is 192 Å². The number of nitrogens with zero attached hydrogens (tertiary/aromatic N) is 4. The highest BCUT2D eigenvalue weighted by molar-refractivity contribution is 6.31. The van der Waals surface area contributed by atoms with E-state index in [0.717, 1.165) is 36.2 Å². The lowest BCUT2D eigenvalue weighted by atomic mass is 9.90. The molecule has 3 aliphatic rings. The molecule has 32 heavy (non-hydrogen) atoms. The van der Waals surface area contributed by atoms with Crippen molar-refractivity contribution in [3.8, 4) is 11.1 Å². The highest BCUT2D eigenvalue weighted by Gasteiger charge is 2.32. The van der Waals surface area contributed by atoms with E-state index in [1.54, 1.807) is 0 Å². The number of benzene rings is 2. The summed E-state index contributed by atoms with van der Waals surface area (Å²) in [6, 6.07) is 8.66. The molecule has 1 amide bonds. The summed E-state index contributed by atoms with van der Waals surface area (Å²) >= 11 is 6.50. The van der Waals surface area contributed by atoms with Crippen LogP contribution in [0.2, 0.25) is 5.02 Å². The van der Waals surface area contributed by atoms with Crippen LogP contribution in [0.3, 0.4) is 0 Å². The van der Waals surface area contributed by atoms with Crippen molar-refractivity contribution >= 4 is 29.1 Å². The molecule has 1 N–H and O–H groups in total. The van der Waals surface area contributed by atoms with Crippen LogP contribution in [0.5, 0.6) is 0 Å². The largest absolute Gasteiger partial charge is 0.465 e. The molecule has 0 saturated heterocycles. The van der Waals surface area contributed by atoms with Gasteiger partial charge in [-0.1, -0.05) is 11.6 Å². The Kier molecular flexibility index (Phi) is 4.47. The monoisotopic (exact) mass is 448 g/mol. The molecule has 164 valence electrons. The molecule has 3 heterocycles. The van der Waals surface area contributed by atoms with Crippen LogP contribution in [-0.2, 0) is 26.6 Å². The number of fused-ring (bicyclic) bond motifs is 2. The van der Waals surface area contributed by atoms with E-state index in [-0.39, 0.29) is 0 Å². The number of aromatic nitrogens is 2. The van der Waals surface area contributed by atoms with Gasteiger partial charge in [-0.25, -0.2) is 4.79 Å². The van der Waals surface area contributed by atoms with Gasteiger partial charge < -0.3 is 10.0 Å². The number of carbonyl (C=O) groups is 1. The van der Waals surface area contributed by atoms with Crippen LogP contribution in [0.1, 0.15) is 47.4 Å². The standard InChI is InChI=1S/C25H25ClN4O2/c1-28-12-18(11-27-28)20-8-16-3-2-6-30(23(16)10-21(20)15-4-5-15)24-9-19(26)7-17-13-29(25(31)32)14-22(17)24/h7-12,15H,2-6,13-14H2,1H3,(H,31,32). The van der Waals surface area contributed by atoms with Crippen molar-refractivity contribution in [1.82, 2.24) is 14.7 Å². The SMILES string of the molecule is Cn1cc(-c2cc3c(cc2C2CC2)N(c2cc(Cl)cc4c2CN(C(=O)O)C4)CCC3)cn1. The summed E-state index contributed by atoms with van der Waals surface area (Å²) in [5.74, 6) is 0.604. The molecule has 0 unspecified atom stereocenters. The van der Waals surface area contributed by atoms with Gasteiger partial charge in [0.05, 0.1) is 12.7 Å². The quantitative estimate of drug-likeness (QED) is 0.558. The van der Waals surface area contributed by atoms with E-state index in [9.17, 15) is 9.90 Å². The first-order chi connectivity index (χ1) is 15.5. The van der Waals surface area contributed by atoms with Crippen LogP contribution in [0, 0.1) is 0 Å². The number of anilines is 2. The molecule has 2 aliphatic heterocycles. The zero-order chi connectivity index (χ0) is 22.0. The first-order valence-corrected chi connectivity index (χ1v) is 11.6. The van der Waals surface area contributed by atoms with Gasteiger partial charge in [0.2, 0.25) is 0 Å². The molecule has 1 aromatic heterocycles. The maximum atomic E-state index is 11.6. The van der Waals surface area contributed by atoms with Crippen LogP contribution >= 0.6 is 11.6 Å². The molecule has 3 aromatic rings. The number of hydrogen-bond donors (Lipinski definition) is 1.